The normalized spacial score (nSPS) is 12.5. The van der Waals surface area contributed by atoms with Crippen molar-refractivity contribution < 1.29 is 42.9 Å². The number of benzene rings is 5. The summed E-state index contributed by atoms with van der Waals surface area (Å²) in [7, 11) is 3.20. The second kappa shape index (κ2) is 23.7. The van der Waals surface area contributed by atoms with Crippen LogP contribution in [0.2, 0.25) is 0 Å². The molecule has 5 aromatic rings. The van der Waals surface area contributed by atoms with Crippen LogP contribution in [0.25, 0.3) is 32.7 Å². The number of carbonyl (C=O) groups is 5. The van der Waals surface area contributed by atoms with Crippen LogP contribution in [0.4, 0.5) is 4.79 Å². The van der Waals surface area contributed by atoms with Crippen molar-refractivity contribution in [3.63, 3.8) is 0 Å². The van der Waals surface area contributed by atoms with E-state index in [2.05, 4.69) is 40.5 Å². The molecule has 0 radical (unpaired) electrons. The van der Waals surface area contributed by atoms with Crippen molar-refractivity contribution >= 4 is 51.3 Å². The van der Waals surface area contributed by atoms with Gasteiger partial charge in [-0.1, -0.05) is 91.0 Å². The molecule has 13 heteroatoms. The monoisotopic (exact) mass is 898 g/mol. The fraction of sp³-hybridized carbons (Fsp3) is 0.340. The zero-order valence-corrected chi connectivity index (χ0v) is 38.8. The van der Waals surface area contributed by atoms with Crippen LogP contribution in [0.15, 0.2) is 116 Å². The summed E-state index contributed by atoms with van der Waals surface area (Å²) in [5.74, 6) is -1.30. The Morgan fingerprint density at radius 3 is 1.82 bits per heavy atom. The molecule has 0 bridgehead atoms. The molecule has 0 saturated carbocycles. The fourth-order valence-electron chi connectivity index (χ4n) is 7.87. The van der Waals surface area contributed by atoms with Gasteiger partial charge in [0.2, 0.25) is 17.7 Å². The largest absolute Gasteiger partial charge is 0.496 e. The molecule has 4 amide bonds. The quantitative estimate of drug-likeness (QED) is 0.0303. The lowest BCUT2D eigenvalue weighted by atomic mass is 9.87. The molecule has 0 spiro atoms. The molecule has 5 rings (SSSR count). The number of hydrogen-bond acceptors (Lipinski definition) is 9. The van der Waals surface area contributed by atoms with Gasteiger partial charge in [-0.3, -0.25) is 14.4 Å². The third kappa shape index (κ3) is 13.4. The van der Waals surface area contributed by atoms with Crippen LogP contribution in [0.3, 0.4) is 0 Å². The van der Waals surface area contributed by atoms with Crippen LogP contribution in [-0.4, -0.2) is 74.3 Å². The number of allylic oxidation sites excluding steroid dienone is 1. The highest BCUT2D eigenvalue weighted by molar-refractivity contribution is 6.11. The van der Waals surface area contributed by atoms with E-state index in [1.807, 2.05) is 91.0 Å². The van der Waals surface area contributed by atoms with Crippen LogP contribution >= 0.6 is 0 Å². The Morgan fingerprint density at radius 2 is 1.24 bits per heavy atom. The van der Waals surface area contributed by atoms with Crippen molar-refractivity contribution in [1.29, 1.82) is 0 Å². The molecular formula is C53H62N4O9. The lowest BCUT2D eigenvalue weighted by Gasteiger charge is -2.26. The third-order valence-corrected chi connectivity index (χ3v) is 10.7. The molecule has 0 aliphatic carbocycles. The molecule has 3 atom stereocenters. The zero-order chi connectivity index (χ0) is 47.8. The topological polar surface area (TPSA) is 170 Å². The van der Waals surface area contributed by atoms with Crippen LogP contribution in [0, 0.1) is 0 Å². The molecule has 0 aliphatic heterocycles. The average molecular weight is 899 g/mol. The van der Waals surface area contributed by atoms with E-state index < -0.39 is 53.5 Å². The molecule has 0 heterocycles. The van der Waals surface area contributed by atoms with Gasteiger partial charge in [-0.25, -0.2) is 9.59 Å². The number of esters is 1. The second-order valence-electron chi connectivity index (χ2n) is 16.9. The van der Waals surface area contributed by atoms with Crippen LogP contribution in [-0.2, 0) is 48.1 Å². The summed E-state index contributed by atoms with van der Waals surface area (Å²) < 4.78 is 23.3. The molecule has 348 valence electrons. The first-order chi connectivity index (χ1) is 31.7. The Hall–Kier alpha value is -7.15. The third-order valence-electron chi connectivity index (χ3n) is 10.7. The molecule has 0 fully saturated rings. The minimum absolute atomic E-state index is 0.00436. The van der Waals surface area contributed by atoms with E-state index in [-0.39, 0.29) is 32.4 Å². The van der Waals surface area contributed by atoms with E-state index >= 15 is 0 Å². The van der Waals surface area contributed by atoms with Gasteiger partial charge >= 0.3 is 12.1 Å². The number of fused-ring (bicyclic) bond motifs is 2. The molecule has 1 unspecified atom stereocenters. The van der Waals surface area contributed by atoms with Crippen molar-refractivity contribution in [3.05, 3.63) is 133 Å². The standard InChI is InChI=1S/C53H62N4O9/c1-9-20-38-30-36-24-14-16-26-40(36)45(47(38)63-7)46-41-27-17-15-25-37(41)31-39(48(46)64-8)32-44(55-34(3)58)50(60)56-42(28-18-19-29-54-52(62)66-53(4,5)6)49(59)57-43(21-10-2)51(61)65-33-35-22-12-11-13-23-35/h9-17,22-27,30-31,42-44H,1-2,18-21,28-29,32-33H2,3-8H3,(H,54,62)(H,55,58)(H,56,60)(H,57,59)/t42-,43+,44?/m1/s1. The van der Waals surface area contributed by atoms with Crippen molar-refractivity contribution in [3.8, 4) is 22.6 Å². The van der Waals surface area contributed by atoms with Gasteiger partial charge in [0.1, 0.15) is 41.8 Å². The van der Waals surface area contributed by atoms with Crippen molar-refractivity contribution in [1.82, 2.24) is 21.3 Å². The van der Waals surface area contributed by atoms with Crippen molar-refractivity contribution in [2.75, 3.05) is 20.8 Å². The van der Waals surface area contributed by atoms with Crippen LogP contribution in [0.1, 0.15) is 70.1 Å². The van der Waals surface area contributed by atoms with E-state index in [4.69, 9.17) is 18.9 Å². The molecule has 4 N–H and O–H groups in total. The van der Waals surface area contributed by atoms with Crippen LogP contribution in [0.5, 0.6) is 11.5 Å². The second-order valence-corrected chi connectivity index (χ2v) is 16.9. The van der Waals surface area contributed by atoms with Gasteiger partial charge in [-0.15, -0.1) is 13.2 Å². The average Bonchev–Trinajstić information content (AvgIpc) is 3.28. The summed E-state index contributed by atoms with van der Waals surface area (Å²) in [6, 6.07) is 25.6. The van der Waals surface area contributed by atoms with Crippen LogP contribution < -0.4 is 30.7 Å². The number of carbonyl (C=O) groups excluding carboxylic acids is 5. The summed E-state index contributed by atoms with van der Waals surface area (Å²) in [6.45, 7) is 14.6. The number of alkyl carbamates (subject to hydrolysis) is 1. The summed E-state index contributed by atoms with van der Waals surface area (Å²) in [5, 5.41) is 14.8. The van der Waals surface area contributed by atoms with E-state index in [0.717, 1.165) is 43.8 Å². The number of nitrogens with one attached hydrogen (secondary N) is 4. The number of methoxy groups -OCH3 is 2. The molecule has 0 saturated heterocycles. The minimum Gasteiger partial charge on any atom is -0.496 e. The maximum atomic E-state index is 14.6. The maximum Gasteiger partial charge on any atom is 0.407 e. The first-order valence-corrected chi connectivity index (χ1v) is 22.1. The molecule has 0 aromatic heterocycles. The van der Waals surface area contributed by atoms with Gasteiger partial charge in [0.05, 0.1) is 14.2 Å². The molecule has 0 aliphatic rings. The van der Waals surface area contributed by atoms with E-state index in [1.165, 1.54) is 13.0 Å². The number of rotatable bonds is 22. The highest BCUT2D eigenvalue weighted by atomic mass is 16.6. The number of hydrogen-bond donors (Lipinski definition) is 4. The van der Waals surface area contributed by atoms with Gasteiger partial charge in [-0.05, 0) is 103 Å². The number of amides is 4. The van der Waals surface area contributed by atoms with E-state index in [1.54, 1.807) is 35.0 Å². The molecule has 66 heavy (non-hydrogen) atoms. The van der Waals surface area contributed by atoms with Crippen molar-refractivity contribution in [2.45, 2.75) is 96.6 Å². The van der Waals surface area contributed by atoms with Gasteiger partial charge in [0.15, 0.2) is 0 Å². The smallest absolute Gasteiger partial charge is 0.407 e. The van der Waals surface area contributed by atoms with Crippen molar-refractivity contribution in [2.24, 2.45) is 0 Å². The molecule has 5 aromatic carbocycles. The zero-order valence-electron chi connectivity index (χ0n) is 38.8. The summed E-state index contributed by atoms with van der Waals surface area (Å²) in [5.41, 5.74) is 3.18. The summed E-state index contributed by atoms with van der Waals surface area (Å²) >= 11 is 0. The SMILES string of the molecule is C=CCc1cc2ccccc2c(-c2c(OC)c(CC(NC(C)=O)C(=O)N[C@H](CCCCNC(=O)OC(C)(C)C)C(=O)N[C@@H](CC=C)C(=O)OCc3ccccc3)cc3ccccc23)c1OC. The van der Waals surface area contributed by atoms with E-state index in [9.17, 15) is 24.0 Å². The Kier molecular flexibility index (Phi) is 17.9. The lowest BCUT2D eigenvalue weighted by molar-refractivity contribution is -0.149. The molecule has 13 nitrogen and oxygen atoms in total. The highest BCUT2D eigenvalue weighted by Crippen LogP contribution is 2.48. The number of ether oxygens (including phenoxy) is 4. The summed E-state index contributed by atoms with van der Waals surface area (Å²) in [6.07, 6.45) is 4.27. The van der Waals surface area contributed by atoms with Gasteiger partial charge < -0.3 is 40.2 Å². The molecular weight excluding hydrogens is 837 g/mol. The highest BCUT2D eigenvalue weighted by Gasteiger charge is 2.32. The predicted octanol–water partition coefficient (Wildman–Crippen LogP) is 8.44. The fourth-order valence-corrected chi connectivity index (χ4v) is 7.87. The van der Waals surface area contributed by atoms with Gasteiger partial charge in [0, 0.05) is 31.0 Å². The Balaban J connectivity index is 1.49. The first kappa shape index (κ1) is 49.9. The Bertz CT molecular complexity index is 2530. The van der Waals surface area contributed by atoms with E-state index in [0.29, 0.717) is 36.3 Å². The first-order valence-electron chi connectivity index (χ1n) is 22.1. The maximum absolute atomic E-state index is 14.6. The minimum atomic E-state index is -1.18. The number of unbranched alkanes of at least 4 members (excludes halogenated alkanes) is 1. The van der Waals surface area contributed by atoms with Gasteiger partial charge in [-0.2, -0.15) is 0 Å². The van der Waals surface area contributed by atoms with Gasteiger partial charge in [0.25, 0.3) is 0 Å². The Labute approximate surface area is 387 Å². The lowest BCUT2D eigenvalue weighted by Crippen LogP contribution is -2.56. The Morgan fingerprint density at radius 1 is 0.682 bits per heavy atom. The summed E-state index contributed by atoms with van der Waals surface area (Å²) in [4.78, 5) is 67.2. The predicted molar refractivity (Wildman–Crippen MR) is 258 cm³/mol.